The fourth-order valence-corrected chi connectivity index (χ4v) is 3.30. The van der Waals surface area contributed by atoms with Crippen molar-refractivity contribution in [2.45, 2.75) is 45.6 Å². The van der Waals surface area contributed by atoms with Gasteiger partial charge >= 0.3 is 0 Å². The van der Waals surface area contributed by atoms with Crippen LogP contribution >= 0.6 is 0 Å². The summed E-state index contributed by atoms with van der Waals surface area (Å²) in [6.45, 7) is 5.24. The summed E-state index contributed by atoms with van der Waals surface area (Å²) in [5.41, 5.74) is 0. The van der Waals surface area contributed by atoms with E-state index < -0.39 is 0 Å². The number of carbonyl (C=O) groups excluding carboxylic acids is 2. The molecule has 0 aromatic heterocycles. The van der Waals surface area contributed by atoms with E-state index in [2.05, 4.69) is 19.2 Å². The molecule has 4 nitrogen and oxygen atoms in total. The Labute approximate surface area is 103 Å². The van der Waals surface area contributed by atoms with Gasteiger partial charge in [0.05, 0.1) is 6.54 Å². The normalized spacial score (nSPS) is 34.7. The molecule has 3 atom stereocenters. The number of amides is 2. The minimum absolute atomic E-state index is 0.00135. The van der Waals surface area contributed by atoms with Gasteiger partial charge in [-0.05, 0) is 24.7 Å². The zero-order valence-electron chi connectivity index (χ0n) is 10.7. The largest absolute Gasteiger partial charge is 0.347 e. The molecular formula is C13H22N2O2. The zero-order chi connectivity index (χ0) is 12.4. The second-order valence-corrected chi connectivity index (χ2v) is 5.29. The lowest BCUT2D eigenvalue weighted by Gasteiger charge is -2.31. The summed E-state index contributed by atoms with van der Waals surface area (Å²) >= 11 is 0. The summed E-state index contributed by atoms with van der Waals surface area (Å²) in [5.74, 6) is 1.39. The van der Waals surface area contributed by atoms with Crippen LogP contribution in [0.3, 0.4) is 0 Å². The summed E-state index contributed by atoms with van der Waals surface area (Å²) in [6.07, 6.45) is 3.95. The first-order valence-corrected chi connectivity index (χ1v) is 6.69. The quantitative estimate of drug-likeness (QED) is 0.785. The van der Waals surface area contributed by atoms with E-state index in [0.717, 1.165) is 12.3 Å². The Kier molecular flexibility index (Phi) is 3.69. The van der Waals surface area contributed by atoms with E-state index in [9.17, 15) is 9.59 Å². The average molecular weight is 238 g/mol. The standard InChI is InChI=1S/C13H22N2O2/c1-3-10-4-5-11(9(10)2)15-7-6-12(16)14-8-13(15)17/h9-11H,3-8H2,1-2H3,(H,14,16). The van der Waals surface area contributed by atoms with Gasteiger partial charge in [0.2, 0.25) is 11.8 Å². The molecule has 2 rings (SSSR count). The highest BCUT2D eigenvalue weighted by Crippen LogP contribution is 2.37. The Morgan fingerprint density at radius 2 is 2.12 bits per heavy atom. The molecule has 0 aromatic carbocycles. The molecule has 1 N–H and O–H groups in total. The molecule has 2 fully saturated rings. The van der Waals surface area contributed by atoms with Crippen LogP contribution < -0.4 is 5.32 Å². The average Bonchev–Trinajstić information content (AvgIpc) is 2.60. The maximum absolute atomic E-state index is 12.0. The van der Waals surface area contributed by atoms with Crippen LogP contribution in [0.2, 0.25) is 0 Å². The van der Waals surface area contributed by atoms with E-state index in [0.29, 0.717) is 24.9 Å². The smallest absolute Gasteiger partial charge is 0.242 e. The Balaban J connectivity index is 2.06. The molecule has 3 unspecified atom stereocenters. The van der Waals surface area contributed by atoms with Crippen LogP contribution in [-0.4, -0.2) is 35.8 Å². The zero-order valence-corrected chi connectivity index (χ0v) is 10.7. The molecule has 1 saturated carbocycles. The second kappa shape index (κ2) is 5.07. The van der Waals surface area contributed by atoms with Crippen LogP contribution in [0.4, 0.5) is 0 Å². The molecule has 0 spiro atoms. The Morgan fingerprint density at radius 1 is 1.35 bits per heavy atom. The Hall–Kier alpha value is -1.06. The molecule has 2 amide bonds. The fourth-order valence-electron chi connectivity index (χ4n) is 3.30. The van der Waals surface area contributed by atoms with Crippen LogP contribution in [0.25, 0.3) is 0 Å². The fraction of sp³-hybridized carbons (Fsp3) is 0.846. The SMILES string of the molecule is CCC1CCC(N2CCC(=O)NCC2=O)C1C. The second-order valence-electron chi connectivity index (χ2n) is 5.29. The summed E-state index contributed by atoms with van der Waals surface area (Å²) in [4.78, 5) is 25.2. The number of carbonyl (C=O) groups is 2. The molecule has 1 aliphatic heterocycles. The topological polar surface area (TPSA) is 49.4 Å². The van der Waals surface area contributed by atoms with Gasteiger partial charge in [0.1, 0.15) is 0 Å². The highest BCUT2D eigenvalue weighted by molar-refractivity contribution is 5.87. The highest BCUT2D eigenvalue weighted by atomic mass is 16.2. The lowest BCUT2D eigenvalue weighted by Crippen LogP contribution is -2.44. The molecule has 1 aliphatic carbocycles. The first-order chi connectivity index (χ1) is 8.13. The van der Waals surface area contributed by atoms with Crippen molar-refractivity contribution in [1.29, 1.82) is 0 Å². The Bertz CT molecular complexity index is 317. The Morgan fingerprint density at radius 3 is 2.76 bits per heavy atom. The van der Waals surface area contributed by atoms with Crippen molar-refractivity contribution in [3.05, 3.63) is 0 Å². The molecule has 0 bridgehead atoms. The lowest BCUT2D eigenvalue weighted by molar-refractivity contribution is -0.132. The first kappa shape index (κ1) is 12.4. The van der Waals surface area contributed by atoms with Gasteiger partial charge in [-0.2, -0.15) is 0 Å². The molecule has 4 heteroatoms. The van der Waals surface area contributed by atoms with Gasteiger partial charge in [0, 0.05) is 19.0 Å². The van der Waals surface area contributed by atoms with E-state index >= 15 is 0 Å². The van der Waals surface area contributed by atoms with Gasteiger partial charge in [-0.3, -0.25) is 9.59 Å². The minimum atomic E-state index is -0.00135. The van der Waals surface area contributed by atoms with Crippen LogP contribution in [0.5, 0.6) is 0 Å². The van der Waals surface area contributed by atoms with Gasteiger partial charge in [0.15, 0.2) is 0 Å². The van der Waals surface area contributed by atoms with E-state index in [1.807, 2.05) is 4.90 Å². The molecule has 2 aliphatic rings. The molecule has 17 heavy (non-hydrogen) atoms. The van der Waals surface area contributed by atoms with Gasteiger partial charge in [-0.25, -0.2) is 0 Å². The molecule has 0 aromatic rings. The number of hydrogen-bond acceptors (Lipinski definition) is 2. The summed E-state index contributed by atoms with van der Waals surface area (Å²) < 4.78 is 0. The molecule has 96 valence electrons. The van der Waals surface area contributed by atoms with Crippen LogP contribution in [0, 0.1) is 11.8 Å². The van der Waals surface area contributed by atoms with Crippen molar-refractivity contribution in [3.63, 3.8) is 0 Å². The summed E-state index contributed by atoms with van der Waals surface area (Å²) in [7, 11) is 0. The molecular weight excluding hydrogens is 216 g/mol. The predicted octanol–water partition coefficient (Wildman–Crippen LogP) is 1.16. The van der Waals surface area contributed by atoms with E-state index in [1.54, 1.807) is 0 Å². The number of hydrogen-bond donors (Lipinski definition) is 1. The van der Waals surface area contributed by atoms with Crippen LogP contribution in [0.15, 0.2) is 0 Å². The van der Waals surface area contributed by atoms with Crippen molar-refractivity contribution in [3.8, 4) is 0 Å². The monoisotopic (exact) mass is 238 g/mol. The predicted molar refractivity (Wildman–Crippen MR) is 65.3 cm³/mol. The van der Waals surface area contributed by atoms with Crippen molar-refractivity contribution in [2.75, 3.05) is 13.1 Å². The lowest BCUT2D eigenvalue weighted by atomic mass is 9.93. The minimum Gasteiger partial charge on any atom is -0.347 e. The van der Waals surface area contributed by atoms with Crippen molar-refractivity contribution in [2.24, 2.45) is 11.8 Å². The molecule has 1 heterocycles. The summed E-state index contributed by atoms with van der Waals surface area (Å²) in [5, 5.41) is 2.66. The van der Waals surface area contributed by atoms with Crippen LogP contribution in [0.1, 0.15) is 39.5 Å². The third-order valence-corrected chi connectivity index (χ3v) is 4.45. The van der Waals surface area contributed by atoms with Gasteiger partial charge in [-0.15, -0.1) is 0 Å². The maximum atomic E-state index is 12.0. The maximum Gasteiger partial charge on any atom is 0.242 e. The summed E-state index contributed by atoms with van der Waals surface area (Å²) in [6, 6.07) is 0.347. The van der Waals surface area contributed by atoms with E-state index in [-0.39, 0.29) is 18.4 Å². The first-order valence-electron chi connectivity index (χ1n) is 6.69. The van der Waals surface area contributed by atoms with E-state index in [4.69, 9.17) is 0 Å². The third kappa shape index (κ3) is 2.45. The van der Waals surface area contributed by atoms with Crippen molar-refractivity contribution < 1.29 is 9.59 Å². The highest BCUT2D eigenvalue weighted by Gasteiger charge is 2.38. The van der Waals surface area contributed by atoms with Crippen LogP contribution in [-0.2, 0) is 9.59 Å². The van der Waals surface area contributed by atoms with E-state index in [1.165, 1.54) is 12.8 Å². The number of nitrogens with one attached hydrogen (secondary N) is 1. The number of rotatable bonds is 2. The third-order valence-electron chi connectivity index (χ3n) is 4.45. The van der Waals surface area contributed by atoms with Gasteiger partial charge in [-0.1, -0.05) is 20.3 Å². The van der Waals surface area contributed by atoms with Crippen molar-refractivity contribution in [1.82, 2.24) is 10.2 Å². The number of nitrogens with zero attached hydrogens (tertiary/aromatic N) is 1. The molecule has 1 saturated heterocycles. The van der Waals surface area contributed by atoms with Gasteiger partial charge in [0.25, 0.3) is 0 Å². The van der Waals surface area contributed by atoms with Crippen molar-refractivity contribution >= 4 is 11.8 Å². The molecule has 0 radical (unpaired) electrons. The van der Waals surface area contributed by atoms with Gasteiger partial charge < -0.3 is 10.2 Å².